The molecule has 0 saturated heterocycles. The smallest absolute Gasteiger partial charge is 0.303 e. The molecule has 1 aromatic carbocycles. The second kappa shape index (κ2) is 6.65. The predicted octanol–water partition coefficient (Wildman–Crippen LogP) is 0.795. The molecule has 0 spiro atoms. The summed E-state index contributed by atoms with van der Waals surface area (Å²) in [5.74, 6) is -0.462. The Labute approximate surface area is 117 Å². The van der Waals surface area contributed by atoms with Gasteiger partial charge in [0.05, 0.1) is 6.61 Å². The molecule has 0 amide bonds. The van der Waals surface area contributed by atoms with Crippen molar-refractivity contribution < 1.29 is 24.5 Å². The number of carbonyl (C=O) groups is 1. The van der Waals surface area contributed by atoms with E-state index in [2.05, 4.69) is 0 Å². The van der Waals surface area contributed by atoms with Crippen LogP contribution in [-0.2, 0) is 20.9 Å². The van der Waals surface area contributed by atoms with E-state index in [1.165, 1.54) is 19.1 Å². The number of benzene rings is 1. The van der Waals surface area contributed by atoms with Crippen molar-refractivity contribution in [1.82, 2.24) is 0 Å². The molecule has 0 fully saturated rings. The highest BCUT2D eigenvalue weighted by Crippen LogP contribution is 2.21. The summed E-state index contributed by atoms with van der Waals surface area (Å²) in [6.45, 7) is 1.56. The molecule has 4 atom stereocenters. The van der Waals surface area contributed by atoms with Crippen molar-refractivity contribution in [2.75, 3.05) is 0 Å². The largest absolute Gasteiger partial charge is 0.455 e. The summed E-state index contributed by atoms with van der Waals surface area (Å²) < 4.78 is 10.7. The fourth-order valence-corrected chi connectivity index (χ4v) is 2.09. The number of aliphatic hydroxyl groups excluding tert-OH is 2. The summed E-state index contributed by atoms with van der Waals surface area (Å²) in [5.41, 5.74) is 0.935. The zero-order valence-electron chi connectivity index (χ0n) is 11.2. The molecular formula is C15H18O5. The number of esters is 1. The van der Waals surface area contributed by atoms with Crippen LogP contribution in [0.1, 0.15) is 12.5 Å². The topological polar surface area (TPSA) is 76.0 Å². The van der Waals surface area contributed by atoms with Gasteiger partial charge in [-0.2, -0.15) is 0 Å². The first-order chi connectivity index (χ1) is 9.58. The van der Waals surface area contributed by atoms with Crippen LogP contribution in [0.4, 0.5) is 0 Å². The average Bonchev–Trinajstić information content (AvgIpc) is 2.43. The number of carbonyl (C=O) groups excluding carboxylic acids is 1. The van der Waals surface area contributed by atoms with E-state index in [1.54, 1.807) is 0 Å². The van der Waals surface area contributed by atoms with Crippen molar-refractivity contribution in [3.63, 3.8) is 0 Å². The Balaban J connectivity index is 2.04. The zero-order valence-corrected chi connectivity index (χ0v) is 11.2. The molecule has 1 aliphatic rings. The number of hydrogen-bond donors (Lipinski definition) is 2. The van der Waals surface area contributed by atoms with Crippen molar-refractivity contribution >= 4 is 5.97 Å². The van der Waals surface area contributed by atoms with Gasteiger partial charge in [0.15, 0.2) is 0 Å². The first-order valence-electron chi connectivity index (χ1n) is 6.45. The summed E-state index contributed by atoms with van der Waals surface area (Å²) in [5, 5.41) is 19.6. The number of ether oxygens (including phenoxy) is 2. The molecule has 0 saturated carbocycles. The van der Waals surface area contributed by atoms with Gasteiger partial charge < -0.3 is 19.7 Å². The number of aliphatic hydroxyl groups is 2. The number of hydrogen-bond acceptors (Lipinski definition) is 5. The molecular weight excluding hydrogens is 260 g/mol. The summed E-state index contributed by atoms with van der Waals surface area (Å²) in [6.07, 6.45) is -0.709. The lowest BCUT2D eigenvalue weighted by Crippen LogP contribution is -2.49. The Morgan fingerprint density at radius 2 is 1.90 bits per heavy atom. The van der Waals surface area contributed by atoms with Crippen LogP contribution in [0.5, 0.6) is 0 Å². The Hall–Kier alpha value is -1.69. The number of rotatable bonds is 4. The van der Waals surface area contributed by atoms with Gasteiger partial charge in [0.1, 0.15) is 24.4 Å². The van der Waals surface area contributed by atoms with Gasteiger partial charge in [-0.15, -0.1) is 0 Å². The average molecular weight is 278 g/mol. The van der Waals surface area contributed by atoms with E-state index >= 15 is 0 Å². The monoisotopic (exact) mass is 278 g/mol. The third kappa shape index (κ3) is 3.66. The molecule has 1 aromatic rings. The van der Waals surface area contributed by atoms with E-state index in [1.807, 2.05) is 30.3 Å². The minimum atomic E-state index is -1.13. The van der Waals surface area contributed by atoms with Crippen LogP contribution in [0.25, 0.3) is 0 Å². The molecule has 2 N–H and O–H groups in total. The van der Waals surface area contributed by atoms with E-state index < -0.39 is 30.4 Å². The Morgan fingerprint density at radius 3 is 2.55 bits per heavy atom. The highest BCUT2D eigenvalue weighted by molar-refractivity contribution is 5.66. The lowest BCUT2D eigenvalue weighted by molar-refractivity contribution is -0.166. The highest BCUT2D eigenvalue weighted by atomic mass is 16.6. The summed E-state index contributed by atoms with van der Waals surface area (Å²) in [6, 6.07) is 9.44. The standard InChI is InChI=1S/C15H18O5/c1-10(16)20-13-8-7-12(17)14(18)15(13)19-9-11-5-3-2-4-6-11/h2-8,12-15,17-18H,9H2,1H3/t12-,13-,14+,15+/m1/s1. The summed E-state index contributed by atoms with van der Waals surface area (Å²) >= 11 is 0. The molecule has 0 bridgehead atoms. The van der Waals surface area contributed by atoms with E-state index in [0.717, 1.165) is 5.56 Å². The van der Waals surface area contributed by atoms with E-state index in [0.29, 0.717) is 0 Å². The third-order valence-corrected chi connectivity index (χ3v) is 3.10. The van der Waals surface area contributed by atoms with Crippen LogP contribution in [0.15, 0.2) is 42.5 Å². The molecule has 20 heavy (non-hydrogen) atoms. The fourth-order valence-electron chi connectivity index (χ4n) is 2.09. The SMILES string of the molecule is CC(=O)O[C@@H]1C=C[C@@H](O)[C@H](O)[C@H]1OCc1ccccc1. The summed E-state index contributed by atoms with van der Waals surface area (Å²) in [4.78, 5) is 11.1. The molecule has 1 aliphatic carbocycles. The lowest BCUT2D eigenvalue weighted by Gasteiger charge is -2.33. The normalized spacial score (nSPS) is 29.1. The van der Waals surface area contributed by atoms with Crippen molar-refractivity contribution in [3.8, 4) is 0 Å². The van der Waals surface area contributed by atoms with Crippen LogP contribution in [0.2, 0.25) is 0 Å². The van der Waals surface area contributed by atoms with Gasteiger partial charge in [0, 0.05) is 6.92 Å². The van der Waals surface area contributed by atoms with Crippen LogP contribution in [-0.4, -0.2) is 40.6 Å². The van der Waals surface area contributed by atoms with Crippen molar-refractivity contribution in [2.24, 2.45) is 0 Å². The third-order valence-electron chi connectivity index (χ3n) is 3.10. The predicted molar refractivity (Wildman–Crippen MR) is 71.7 cm³/mol. The Bertz CT molecular complexity index is 470. The quantitative estimate of drug-likeness (QED) is 0.629. The van der Waals surface area contributed by atoms with Crippen molar-refractivity contribution in [1.29, 1.82) is 0 Å². The molecule has 0 unspecified atom stereocenters. The van der Waals surface area contributed by atoms with Gasteiger partial charge in [-0.05, 0) is 11.6 Å². The van der Waals surface area contributed by atoms with Gasteiger partial charge in [-0.1, -0.05) is 36.4 Å². The molecule has 5 heteroatoms. The van der Waals surface area contributed by atoms with Gasteiger partial charge in [0.25, 0.3) is 0 Å². The zero-order chi connectivity index (χ0) is 14.5. The molecule has 0 heterocycles. The first kappa shape index (κ1) is 14.7. The molecule has 0 aliphatic heterocycles. The van der Waals surface area contributed by atoms with Crippen molar-refractivity contribution in [3.05, 3.63) is 48.0 Å². The van der Waals surface area contributed by atoms with Gasteiger partial charge in [0.2, 0.25) is 0 Å². The van der Waals surface area contributed by atoms with E-state index in [9.17, 15) is 15.0 Å². The lowest BCUT2D eigenvalue weighted by atomic mass is 9.96. The van der Waals surface area contributed by atoms with Crippen molar-refractivity contribution in [2.45, 2.75) is 37.9 Å². The minimum Gasteiger partial charge on any atom is -0.455 e. The maximum Gasteiger partial charge on any atom is 0.303 e. The fraction of sp³-hybridized carbons (Fsp3) is 0.400. The maximum atomic E-state index is 11.1. The molecule has 2 rings (SSSR count). The van der Waals surface area contributed by atoms with Crippen LogP contribution < -0.4 is 0 Å². The molecule has 108 valence electrons. The van der Waals surface area contributed by atoms with E-state index in [-0.39, 0.29) is 6.61 Å². The molecule has 0 radical (unpaired) electrons. The second-order valence-electron chi connectivity index (χ2n) is 4.70. The Morgan fingerprint density at radius 1 is 1.20 bits per heavy atom. The van der Waals surface area contributed by atoms with Crippen LogP contribution in [0.3, 0.4) is 0 Å². The van der Waals surface area contributed by atoms with E-state index in [4.69, 9.17) is 9.47 Å². The van der Waals surface area contributed by atoms with Crippen LogP contribution in [0, 0.1) is 0 Å². The van der Waals surface area contributed by atoms with Gasteiger partial charge >= 0.3 is 5.97 Å². The second-order valence-corrected chi connectivity index (χ2v) is 4.70. The minimum absolute atomic E-state index is 0.265. The highest BCUT2D eigenvalue weighted by Gasteiger charge is 2.37. The molecule has 5 nitrogen and oxygen atoms in total. The Kier molecular flexibility index (Phi) is 4.89. The maximum absolute atomic E-state index is 11.1. The van der Waals surface area contributed by atoms with Gasteiger partial charge in [-0.25, -0.2) is 0 Å². The van der Waals surface area contributed by atoms with Crippen LogP contribution >= 0.6 is 0 Å². The summed E-state index contributed by atoms with van der Waals surface area (Å²) in [7, 11) is 0. The molecule has 0 aromatic heterocycles. The van der Waals surface area contributed by atoms with Gasteiger partial charge in [-0.3, -0.25) is 4.79 Å². The first-order valence-corrected chi connectivity index (χ1v) is 6.45.